The Kier molecular flexibility index (Phi) is 1.70. The van der Waals surface area contributed by atoms with E-state index in [0.717, 1.165) is 0 Å². The molecule has 1 N–H and O–H groups in total. The van der Waals surface area contributed by atoms with Gasteiger partial charge in [0.1, 0.15) is 0 Å². The zero-order valence-electron chi connectivity index (χ0n) is 4.89. The molecular weight excluding hydrogens is 186 g/mol. The summed E-state index contributed by atoms with van der Waals surface area (Å²) >= 11 is 3.04. The highest BCUT2D eigenvalue weighted by Crippen LogP contribution is 1.93. The van der Waals surface area contributed by atoms with E-state index in [4.69, 9.17) is 0 Å². The van der Waals surface area contributed by atoms with Crippen LogP contribution < -0.4 is 5.69 Å². The molecule has 0 fully saturated rings. The van der Waals surface area contributed by atoms with Crippen molar-refractivity contribution in [1.82, 2.24) is 14.8 Å². The van der Waals surface area contributed by atoms with E-state index in [0.29, 0.717) is 11.3 Å². The van der Waals surface area contributed by atoms with E-state index < -0.39 is 0 Å². The lowest BCUT2D eigenvalue weighted by Gasteiger charge is -1.85. The number of halogens is 1. The van der Waals surface area contributed by atoms with Gasteiger partial charge in [0.05, 0.1) is 0 Å². The standard InChI is InChI=1S/C4H6BrN3O/c1-2-8-4(9)6-3(5)7-8/h2H2,1H3,(H,6,7,9). The maximum absolute atomic E-state index is 10.7. The molecule has 1 aromatic heterocycles. The number of aromatic amines is 1. The van der Waals surface area contributed by atoms with Crippen LogP contribution in [0.3, 0.4) is 0 Å². The lowest BCUT2D eigenvalue weighted by Crippen LogP contribution is -2.16. The number of aryl methyl sites for hydroxylation is 1. The molecule has 9 heavy (non-hydrogen) atoms. The first kappa shape index (κ1) is 6.54. The summed E-state index contributed by atoms with van der Waals surface area (Å²) < 4.78 is 1.82. The molecule has 0 aliphatic rings. The molecule has 0 bridgehead atoms. The van der Waals surface area contributed by atoms with Crippen molar-refractivity contribution in [3.05, 3.63) is 15.2 Å². The average Bonchev–Trinajstić information content (AvgIpc) is 2.10. The van der Waals surface area contributed by atoms with Crippen LogP contribution in [-0.2, 0) is 6.54 Å². The molecule has 0 radical (unpaired) electrons. The Balaban J connectivity index is 3.16. The summed E-state index contributed by atoms with van der Waals surface area (Å²) in [6.45, 7) is 2.45. The molecule has 1 heterocycles. The summed E-state index contributed by atoms with van der Waals surface area (Å²) in [5, 5.41) is 3.79. The number of nitrogens with one attached hydrogen (secondary N) is 1. The molecule has 0 amide bonds. The molecule has 0 saturated heterocycles. The summed E-state index contributed by atoms with van der Waals surface area (Å²) in [4.78, 5) is 13.2. The van der Waals surface area contributed by atoms with E-state index in [2.05, 4.69) is 26.0 Å². The second kappa shape index (κ2) is 2.34. The summed E-state index contributed by atoms with van der Waals surface area (Å²) in [6.07, 6.45) is 0. The highest BCUT2D eigenvalue weighted by molar-refractivity contribution is 9.10. The Bertz CT molecular complexity index is 251. The minimum Gasteiger partial charge on any atom is -0.283 e. The highest BCUT2D eigenvalue weighted by Gasteiger charge is 1.96. The van der Waals surface area contributed by atoms with Crippen LogP contribution in [0, 0.1) is 0 Å². The van der Waals surface area contributed by atoms with Crippen LogP contribution in [0.25, 0.3) is 0 Å². The fourth-order valence-corrected chi connectivity index (χ4v) is 0.905. The van der Waals surface area contributed by atoms with Gasteiger partial charge in [0, 0.05) is 6.54 Å². The van der Waals surface area contributed by atoms with Crippen molar-refractivity contribution >= 4 is 15.9 Å². The molecule has 0 aliphatic heterocycles. The zero-order chi connectivity index (χ0) is 6.85. The fourth-order valence-electron chi connectivity index (χ4n) is 0.543. The minimum atomic E-state index is -0.177. The van der Waals surface area contributed by atoms with Crippen molar-refractivity contribution in [1.29, 1.82) is 0 Å². The van der Waals surface area contributed by atoms with Gasteiger partial charge in [0.15, 0.2) is 4.73 Å². The van der Waals surface area contributed by atoms with Gasteiger partial charge >= 0.3 is 5.69 Å². The van der Waals surface area contributed by atoms with E-state index in [-0.39, 0.29) is 5.69 Å². The molecule has 0 aromatic carbocycles. The third-order valence-corrected chi connectivity index (χ3v) is 1.31. The Labute approximate surface area is 60.0 Å². The van der Waals surface area contributed by atoms with E-state index in [1.165, 1.54) is 4.68 Å². The van der Waals surface area contributed by atoms with Crippen LogP contribution in [0.15, 0.2) is 9.53 Å². The Hall–Kier alpha value is -0.580. The minimum absolute atomic E-state index is 0.177. The van der Waals surface area contributed by atoms with E-state index in [1.807, 2.05) is 6.92 Å². The number of hydrogen-bond acceptors (Lipinski definition) is 2. The molecule has 0 unspecified atom stereocenters. The van der Waals surface area contributed by atoms with Crippen LogP contribution in [0.4, 0.5) is 0 Å². The van der Waals surface area contributed by atoms with Gasteiger partial charge in [-0.1, -0.05) is 0 Å². The van der Waals surface area contributed by atoms with Crippen LogP contribution >= 0.6 is 15.9 Å². The zero-order valence-corrected chi connectivity index (χ0v) is 6.47. The predicted octanol–water partition coefficient (Wildman–Crippen LogP) is 0.354. The van der Waals surface area contributed by atoms with Crippen LogP contribution in [0.5, 0.6) is 0 Å². The predicted molar refractivity (Wildman–Crippen MR) is 36.2 cm³/mol. The van der Waals surface area contributed by atoms with Crippen molar-refractivity contribution in [3.63, 3.8) is 0 Å². The number of nitrogens with zero attached hydrogens (tertiary/aromatic N) is 2. The molecule has 0 spiro atoms. The largest absolute Gasteiger partial charge is 0.343 e. The molecule has 4 nitrogen and oxygen atoms in total. The SMILES string of the molecule is CCn1nc(Br)[nH]c1=O. The maximum Gasteiger partial charge on any atom is 0.343 e. The molecule has 1 aromatic rings. The van der Waals surface area contributed by atoms with Gasteiger partial charge in [-0.15, -0.1) is 5.10 Å². The van der Waals surface area contributed by atoms with Gasteiger partial charge in [-0.05, 0) is 22.9 Å². The molecule has 50 valence electrons. The molecule has 5 heteroatoms. The molecule has 1 rings (SSSR count). The lowest BCUT2D eigenvalue weighted by molar-refractivity contribution is 0.631. The Morgan fingerprint density at radius 2 is 2.56 bits per heavy atom. The third kappa shape index (κ3) is 1.21. The first-order valence-corrected chi connectivity index (χ1v) is 3.36. The summed E-state index contributed by atoms with van der Waals surface area (Å²) in [7, 11) is 0. The van der Waals surface area contributed by atoms with Gasteiger partial charge in [-0.25, -0.2) is 9.48 Å². The van der Waals surface area contributed by atoms with Gasteiger partial charge in [0.25, 0.3) is 0 Å². The quantitative estimate of drug-likeness (QED) is 0.697. The number of H-pyrrole nitrogens is 1. The molecule has 0 saturated carbocycles. The van der Waals surface area contributed by atoms with Crippen molar-refractivity contribution in [2.75, 3.05) is 0 Å². The van der Waals surface area contributed by atoms with Gasteiger partial charge in [-0.2, -0.15) is 0 Å². The average molecular weight is 192 g/mol. The molecule has 0 aliphatic carbocycles. The van der Waals surface area contributed by atoms with Crippen LogP contribution in [0.2, 0.25) is 0 Å². The lowest BCUT2D eigenvalue weighted by atomic mass is 10.8. The highest BCUT2D eigenvalue weighted by atomic mass is 79.9. The fraction of sp³-hybridized carbons (Fsp3) is 0.500. The maximum atomic E-state index is 10.7. The van der Waals surface area contributed by atoms with Gasteiger partial charge in [0.2, 0.25) is 0 Å². The number of hydrogen-bond donors (Lipinski definition) is 1. The van der Waals surface area contributed by atoms with Crippen LogP contribution in [0.1, 0.15) is 6.92 Å². The molecule has 0 atom stereocenters. The normalized spacial score (nSPS) is 10.0. The van der Waals surface area contributed by atoms with Crippen molar-refractivity contribution in [2.24, 2.45) is 0 Å². The summed E-state index contributed by atoms with van der Waals surface area (Å²) in [5.74, 6) is 0. The Morgan fingerprint density at radius 1 is 1.89 bits per heavy atom. The van der Waals surface area contributed by atoms with Gasteiger partial charge < -0.3 is 0 Å². The molecular formula is C4H6BrN3O. The Morgan fingerprint density at radius 3 is 2.78 bits per heavy atom. The first-order valence-electron chi connectivity index (χ1n) is 2.56. The topological polar surface area (TPSA) is 50.7 Å². The third-order valence-electron chi connectivity index (χ3n) is 0.953. The second-order valence-electron chi connectivity index (χ2n) is 1.54. The first-order chi connectivity index (χ1) is 4.24. The number of aromatic nitrogens is 3. The second-order valence-corrected chi connectivity index (χ2v) is 2.29. The van der Waals surface area contributed by atoms with E-state index in [9.17, 15) is 4.79 Å². The van der Waals surface area contributed by atoms with Crippen molar-refractivity contribution in [3.8, 4) is 0 Å². The summed E-state index contributed by atoms with van der Waals surface area (Å²) in [5.41, 5.74) is -0.177. The van der Waals surface area contributed by atoms with E-state index >= 15 is 0 Å². The van der Waals surface area contributed by atoms with Crippen LogP contribution in [-0.4, -0.2) is 14.8 Å². The smallest absolute Gasteiger partial charge is 0.283 e. The van der Waals surface area contributed by atoms with Crippen molar-refractivity contribution in [2.45, 2.75) is 13.5 Å². The number of rotatable bonds is 1. The monoisotopic (exact) mass is 191 g/mol. The summed E-state index contributed by atoms with van der Waals surface area (Å²) in [6, 6.07) is 0. The van der Waals surface area contributed by atoms with Gasteiger partial charge in [-0.3, -0.25) is 4.98 Å². The van der Waals surface area contributed by atoms with E-state index in [1.54, 1.807) is 0 Å². The van der Waals surface area contributed by atoms with Crippen molar-refractivity contribution < 1.29 is 0 Å².